The van der Waals surface area contributed by atoms with Crippen molar-refractivity contribution < 1.29 is 9.53 Å². The number of hydrogen-bond donors (Lipinski definition) is 1. The molecule has 0 aliphatic carbocycles. The Morgan fingerprint density at radius 2 is 2.06 bits per heavy atom. The highest BCUT2D eigenvalue weighted by atomic mass is 79.9. The molecule has 0 spiro atoms. The number of carbonyl (C=O) groups excluding carboxylic acids is 1. The van der Waals surface area contributed by atoms with E-state index in [0.717, 1.165) is 4.47 Å². The van der Waals surface area contributed by atoms with Crippen molar-refractivity contribution in [1.82, 2.24) is 5.32 Å². The monoisotopic (exact) mass is 299 g/mol. The second-order valence-electron chi connectivity index (χ2n) is 4.09. The van der Waals surface area contributed by atoms with Crippen LogP contribution in [0.25, 0.3) is 0 Å². The first-order valence-electron chi connectivity index (χ1n) is 5.62. The third-order valence-electron chi connectivity index (χ3n) is 2.61. The number of methoxy groups -OCH3 is 1. The molecule has 0 aliphatic rings. The van der Waals surface area contributed by atoms with Crippen molar-refractivity contribution >= 4 is 21.9 Å². The van der Waals surface area contributed by atoms with Gasteiger partial charge in [0.25, 0.3) is 0 Å². The van der Waals surface area contributed by atoms with Crippen LogP contribution in [-0.2, 0) is 9.53 Å². The largest absolute Gasteiger partial charge is 0.469 e. The van der Waals surface area contributed by atoms with Gasteiger partial charge in [0.05, 0.1) is 13.5 Å². The molecule has 1 rings (SSSR count). The Bertz CT molecular complexity index is 381. The summed E-state index contributed by atoms with van der Waals surface area (Å²) in [5.74, 6) is -0.190. The SMILES string of the molecule is COC(=O)CC(C)N[C@@H](C)c1ccccc1Br. The van der Waals surface area contributed by atoms with Gasteiger partial charge in [0.1, 0.15) is 0 Å². The molecule has 4 heteroatoms. The highest BCUT2D eigenvalue weighted by Crippen LogP contribution is 2.23. The molecule has 1 N–H and O–H groups in total. The van der Waals surface area contributed by atoms with Crippen LogP contribution >= 0.6 is 15.9 Å². The number of ether oxygens (including phenoxy) is 1. The van der Waals surface area contributed by atoms with Crippen LogP contribution in [0.4, 0.5) is 0 Å². The number of carbonyl (C=O) groups is 1. The Morgan fingerprint density at radius 3 is 2.65 bits per heavy atom. The molecule has 0 amide bonds. The van der Waals surface area contributed by atoms with Crippen molar-refractivity contribution in [2.45, 2.75) is 32.4 Å². The molecule has 0 fully saturated rings. The Balaban J connectivity index is 2.57. The fourth-order valence-electron chi connectivity index (χ4n) is 1.74. The molecule has 0 heterocycles. The summed E-state index contributed by atoms with van der Waals surface area (Å²) in [6.45, 7) is 4.05. The van der Waals surface area contributed by atoms with Gasteiger partial charge in [-0.15, -0.1) is 0 Å². The van der Waals surface area contributed by atoms with Gasteiger partial charge >= 0.3 is 5.97 Å². The second kappa shape index (κ2) is 6.77. The predicted octanol–water partition coefficient (Wildman–Crippen LogP) is 3.05. The second-order valence-corrected chi connectivity index (χ2v) is 4.95. The molecule has 0 aromatic heterocycles. The van der Waals surface area contributed by atoms with Gasteiger partial charge in [0.15, 0.2) is 0 Å². The van der Waals surface area contributed by atoms with E-state index in [4.69, 9.17) is 0 Å². The van der Waals surface area contributed by atoms with Crippen molar-refractivity contribution in [3.63, 3.8) is 0 Å². The lowest BCUT2D eigenvalue weighted by molar-refractivity contribution is -0.141. The first kappa shape index (κ1) is 14.2. The summed E-state index contributed by atoms with van der Waals surface area (Å²) >= 11 is 3.52. The molecule has 94 valence electrons. The Morgan fingerprint density at radius 1 is 1.41 bits per heavy atom. The van der Waals surface area contributed by atoms with Crippen LogP contribution < -0.4 is 5.32 Å². The van der Waals surface area contributed by atoms with Crippen molar-refractivity contribution in [2.75, 3.05) is 7.11 Å². The quantitative estimate of drug-likeness (QED) is 0.849. The highest BCUT2D eigenvalue weighted by Gasteiger charge is 2.14. The van der Waals surface area contributed by atoms with Crippen LogP contribution in [0, 0.1) is 0 Å². The van der Waals surface area contributed by atoms with E-state index >= 15 is 0 Å². The normalized spacial score (nSPS) is 14.1. The maximum Gasteiger partial charge on any atom is 0.307 e. The molecule has 3 nitrogen and oxygen atoms in total. The summed E-state index contributed by atoms with van der Waals surface area (Å²) in [4.78, 5) is 11.1. The molecule has 17 heavy (non-hydrogen) atoms. The number of benzene rings is 1. The average Bonchev–Trinajstić information content (AvgIpc) is 2.29. The van der Waals surface area contributed by atoms with E-state index < -0.39 is 0 Å². The zero-order valence-electron chi connectivity index (χ0n) is 10.4. The van der Waals surface area contributed by atoms with Gasteiger partial charge in [-0.25, -0.2) is 0 Å². The lowest BCUT2D eigenvalue weighted by atomic mass is 10.1. The molecular formula is C13H18BrNO2. The van der Waals surface area contributed by atoms with Crippen molar-refractivity contribution in [3.8, 4) is 0 Å². The van der Waals surface area contributed by atoms with Crippen molar-refractivity contribution in [1.29, 1.82) is 0 Å². The standard InChI is InChI=1S/C13H18BrNO2/c1-9(8-13(16)17-3)15-10(2)11-6-4-5-7-12(11)14/h4-7,9-10,15H,8H2,1-3H3/t9?,10-/m0/s1. The van der Waals surface area contributed by atoms with Gasteiger partial charge in [0, 0.05) is 16.6 Å². The molecule has 0 bridgehead atoms. The summed E-state index contributed by atoms with van der Waals surface area (Å²) in [7, 11) is 1.41. The van der Waals surface area contributed by atoms with E-state index in [1.165, 1.54) is 12.7 Å². The predicted molar refractivity (Wildman–Crippen MR) is 71.8 cm³/mol. The van der Waals surface area contributed by atoms with Crippen LogP contribution in [0.5, 0.6) is 0 Å². The van der Waals surface area contributed by atoms with Gasteiger partial charge in [-0.2, -0.15) is 0 Å². The van der Waals surface area contributed by atoms with Crippen molar-refractivity contribution in [3.05, 3.63) is 34.3 Å². The molecule has 0 saturated heterocycles. The Labute approximate surface area is 111 Å². The molecule has 0 radical (unpaired) electrons. The summed E-state index contributed by atoms with van der Waals surface area (Å²) in [5, 5.41) is 3.37. The molecule has 0 aliphatic heterocycles. The maximum atomic E-state index is 11.1. The summed E-state index contributed by atoms with van der Waals surface area (Å²) < 4.78 is 5.72. The zero-order chi connectivity index (χ0) is 12.8. The Hall–Kier alpha value is -0.870. The number of nitrogens with one attached hydrogen (secondary N) is 1. The topological polar surface area (TPSA) is 38.3 Å². The van der Waals surface area contributed by atoms with Gasteiger partial charge in [-0.3, -0.25) is 4.79 Å². The Kier molecular flexibility index (Phi) is 5.65. The van der Waals surface area contributed by atoms with E-state index in [1.807, 2.05) is 25.1 Å². The number of halogens is 1. The van der Waals surface area contributed by atoms with Gasteiger partial charge in [-0.05, 0) is 25.5 Å². The third-order valence-corrected chi connectivity index (χ3v) is 3.33. The number of rotatable bonds is 5. The summed E-state index contributed by atoms with van der Waals surface area (Å²) in [6.07, 6.45) is 0.380. The van der Waals surface area contributed by atoms with E-state index in [-0.39, 0.29) is 18.1 Å². The maximum absolute atomic E-state index is 11.1. The molecular weight excluding hydrogens is 282 g/mol. The van der Waals surface area contributed by atoms with Gasteiger partial charge < -0.3 is 10.1 Å². The van der Waals surface area contributed by atoms with Crippen LogP contribution in [0.2, 0.25) is 0 Å². The van der Waals surface area contributed by atoms with E-state index in [9.17, 15) is 4.79 Å². The summed E-state index contributed by atoms with van der Waals surface area (Å²) in [6, 6.07) is 8.33. The van der Waals surface area contributed by atoms with Crippen molar-refractivity contribution in [2.24, 2.45) is 0 Å². The molecule has 0 saturated carbocycles. The summed E-state index contributed by atoms with van der Waals surface area (Å²) in [5.41, 5.74) is 1.18. The molecule has 1 unspecified atom stereocenters. The molecule has 1 aromatic carbocycles. The van der Waals surface area contributed by atoms with Crippen LogP contribution in [0.1, 0.15) is 31.9 Å². The van der Waals surface area contributed by atoms with Crippen LogP contribution in [0.3, 0.4) is 0 Å². The van der Waals surface area contributed by atoms with Crippen LogP contribution in [-0.4, -0.2) is 19.1 Å². The average molecular weight is 300 g/mol. The minimum absolute atomic E-state index is 0.0876. The number of hydrogen-bond acceptors (Lipinski definition) is 3. The minimum Gasteiger partial charge on any atom is -0.469 e. The lowest BCUT2D eigenvalue weighted by Gasteiger charge is -2.20. The first-order chi connectivity index (χ1) is 8.04. The molecule has 2 atom stereocenters. The fourth-order valence-corrected chi connectivity index (χ4v) is 2.36. The fraction of sp³-hybridized carbons (Fsp3) is 0.462. The van der Waals surface area contributed by atoms with E-state index in [0.29, 0.717) is 6.42 Å². The van der Waals surface area contributed by atoms with Crippen LogP contribution in [0.15, 0.2) is 28.7 Å². The third kappa shape index (κ3) is 4.48. The smallest absolute Gasteiger partial charge is 0.307 e. The van der Waals surface area contributed by atoms with Gasteiger partial charge in [-0.1, -0.05) is 34.1 Å². The zero-order valence-corrected chi connectivity index (χ0v) is 12.0. The minimum atomic E-state index is -0.190. The molecule has 1 aromatic rings. The van der Waals surface area contributed by atoms with E-state index in [1.54, 1.807) is 0 Å². The highest BCUT2D eigenvalue weighted by molar-refractivity contribution is 9.10. The van der Waals surface area contributed by atoms with Gasteiger partial charge in [0.2, 0.25) is 0 Å². The first-order valence-corrected chi connectivity index (χ1v) is 6.41. The van der Waals surface area contributed by atoms with E-state index in [2.05, 4.69) is 39.0 Å². The lowest BCUT2D eigenvalue weighted by Crippen LogP contribution is -2.31. The number of esters is 1.